The molecule has 0 fully saturated rings. The first-order valence-corrected chi connectivity index (χ1v) is 7.36. The Labute approximate surface area is 109 Å². The second-order valence-corrected chi connectivity index (χ2v) is 13.3. The predicted octanol–water partition coefficient (Wildman–Crippen LogP) is 0.697. The van der Waals surface area contributed by atoms with Crippen LogP contribution in [0.3, 0.4) is 0 Å². The van der Waals surface area contributed by atoms with Crippen molar-refractivity contribution in [3.63, 3.8) is 0 Å². The van der Waals surface area contributed by atoms with Crippen LogP contribution in [0.5, 0.6) is 0 Å². The number of hydrogen-bond donors (Lipinski definition) is 0. The fourth-order valence-corrected chi connectivity index (χ4v) is 10.1. The summed E-state index contributed by atoms with van der Waals surface area (Å²) in [6.45, 7) is 19.0. The van der Waals surface area contributed by atoms with Gasteiger partial charge in [0.2, 0.25) is 0 Å². The van der Waals surface area contributed by atoms with Crippen molar-refractivity contribution in [2.75, 3.05) is 0 Å². The minimum absolute atomic E-state index is 0. The molecule has 0 aromatic rings. The van der Waals surface area contributed by atoms with Crippen molar-refractivity contribution >= 4 is 8.32 Å². The maximum atomic E-state index is 13.3. The minimum atomic E-state index is -2.60. The van der Waals surface area contributed by atoms with Crippen molar-refractivity contribution in [1.82, 2.24) is 0 Å². The van der Waals surface area contributed by atoms with Crippen LogP contribution in [0.2, 0.25) is 15.1 Å². The summed E-state index contributed by atoms with van der Waals surface area (Å²) in [5, 5.41) is -0.281. The van der Waals surface area contributed by atoms with Gasteiger partial charge in [-0.25, -0.2) is 0 Å². The minimum Gasteiger partial charge on any atom is -0.857 e. The van der Waals surface area contributed by atoms with Crippen molar-refractivity contribution in [3.05, 3.63) is 0 Å². The van der Waals surface area contributed by atoms with Crippen LogP contribution in [0.25, 0.3) is 0 Å². The van der Waals surface area contributed by atoms with Gasteiger partial charge in [0, 0.05) is 0 Å². The summed E-state index contributed by atoms with van der Waals surface area (Å²) in [5.41, 5.74) is 0. The molecular formula is C12H27LiOSi. The van der Waals surface area contributed by atoms with E-state index in [0.29, 0.717) is 0 Å². The first-order chi connectivity index (χ1) is 5.75. The maximum absolute atomic E-state index is 13.3. The molecule has 0 amide bonds. The van der Waals surface area contributed by atoms with E-state index in [1.807, 2.05) is 0 Å². The smallest absolute Gasteiger partial charge is 0.857 e. The molecule has 0 aliphatic rings. The molecule has 1 nitrogen and oxygen atoms in total. The van der Waals surface area contributed by atoms with E-state index in [9.17, 15) is 4.80 Å². The second kappa shape index (κ2) is 4.57. The van der Waals surface area contributed by atoms with Crippen LogP contribution >= 0.6 is 0 Å². The summed E-state index contributed by atoms with van der Waals surface area (Å²) in [4.78, 5) is 13.3. The molecule has 0 aliphatic carbocycles. The Morgan fingerprint density at radius 1 is 0.600 bits per heavy atom. The van der Waals surface area contributed by atoms with E-state index in [-0.39, 0.29) is 34.0 Å². The van der Waals surface area contributed by atoms with E-state index < -0.39 is 8.32 Å². The summed E-state index contributed by atoms with van der Waals surface area (Å²) in [5.74, 6) is 0. The van der Waals surface area contributed by atoms with Crippen LogP contribution in [0.1, 0.15) is 62.3 Å². The third-order valence-corrected chi connectivity index (χ3v) is 9.51. The molecule has 0 aliphatic heterocycles. The quantitative estimate of drug-likeness (QED) is 0.553. The molecule has 0 aromatic carbocycles. The van der Waals surface area contributed by atoms with E-state index in [1.165, 1.54) is 0 Å². The van der Waals surface area contributed by atoms with Gasteiger partial charge in [-0.2, -0.15) is 0 Å². The average molecular weight is 222 g/mol. The van der Waals surface area contributed by atoms with Crippen molar-refractivity contribution < 1.29 is 23.7 Å². The second-order valence-electron chi connectivity index (χ2n) is 7.43. The fourth-order valence-electron chi connectivity index (χ4n) is 3.38. The van der Waals surface area contributed by atoms with Gasteiger partial charge >= 0.3 is 18.9 Å². The molecular weight excluding hydrogens is 195 g/mol. The summed E-state index contributed by atoms with van der Waals surface area (Å²) in [6, 6.07) is 0. The van der Waals surface area contributed by atoms with Gasteiger partial charge in [-0.05, 0) is 8.32 Å². The van der Waals surface area contributed by atoms with Gasteiger partial charge in [-0.15, -0.1) is 0 Å². The zero-order chi connectivity index (χ0) is 12.0. The summed E-state index contributed by atoms with van der Waals surface area (Å²) in [7, 11) is -2.60. The van der Waals surface area contributed by atoms with Gasteiger partial charge in [-0.1, -0.05) is 77.4 Å². The third kappa shape index (κ3) is 3.13. The van der Waals surface area contributed by atoms with Crippen LogP contribution < -0.4 is 23.7 Å². The fraction of sp³-hybridized carbons (Fsp3) is 1.00. The molecule has 3 heteroatoms. The molecule has 0 saturated carbocycles. The van der Waals surface area contributed by atoms with E-state index in [2.05, 4.69) is 62.3 Å². The molecule has 0 aromatic heterocycles. The van der Waals surface area contributed by atoms with E-state index in [0.717, 1.165) is 0 Å². The monoisotopic (exact) mass is 222 g/mol. The molecule has 0 rings (SSSR count). The first kappa shape index (κ1) is 18.1. The van der Waals surface area contributed by atoms with Crippen LogP contribution in [0, 0.1) is 0 Å². The molecule has 0 N–H and O–H groups in total. The summed E-state index contributed by atoms with van der Waals surface area (Å²) in [6.07, 6.45) is 0. The summed E-state index contributed by atoms with van der Waals surface area (Å²) < 4.78 is 0. The van der Waals surface area contributed by atoms with Crippen molar-refractivity contribution in [1.29, 1.82) is 0 Å². The number of hydrogen-bond acceptors (Lipinski definition) is 1. The van der Waals surface area contributed by atoms with Gasteiger partial charge in [-0.3, -0.25) is 0 Å². The zero-order valence-electron chi connectivity index (χ0n) is 12.4. The summed E-state index contributed by atoms with van der Waals surface area (Å²) >= 11 is 0. The largest absolute Gasteiger partial charge is 1.00 e. The molecule has 0 spiro atoms. The van der Waals surface area contributed by atoms with Crippen molar-refractivity contribution in [2.45, 2.75) is 77.4 Å². The van der Waals surface area contributed by atoms with Gasteiger partial charge in [0.1, 0.15) is 0 Å². The van der Waals surface area contributed by atoms with Crippen LogP contribution in [-0.4, -0.2) is 8.32 Å². The Kier molecular flexibility index (Phi) is 5.53. The maximum Gasteiger partial charge on any atom is 1.00 e. The molecule has 15 heavy (non-hydrogen) atoms. The van der Waals surface area contributed by atoms with Gasteiger partial charge in [0.25, 0.3) is 0 Å². The normalized spacial score (nSPS) is 14.8. The van der Waals surface area contributed by atoms with Crippen molar-refractivity contribution in [2.24, 2.45) is 0 Å². The third-order valence-electron chi connectivity index (χ3n) is 3.17. The van der Waals surface area contributed by atoms with Crippen molar-refractivity contribution in [3.8, 4) is 0 Å². The molecule has 0 atom stereocenters. The predicted molar refractivity (Wildman–Crippen MR) is 64.9 cm³/mol. The Hall–Kier alpha value is 0.774. The van der Waals surface area contributed by atoms with Crippen LogP contribution in [-0.2, 0) is 0 Å². The van der Waals surface area contributed by atoms with E-state index in [4.69, 9.17) is 0 Å². The van der Waals surface area contributed by atoms with E-state index in [1.54, 1.807) is 0 Å². The Morgan fingerprint density at radius 2 is 0.733 bits per heavy atom. The molecule has 0 bridgehead atoms. The molecule has 0 saturated heterocycles. The Bertz CT molecular complexity index is 169. The topological polar surface area (TPSA) is 23.1 Å². The zero-order valence-corrected chi connectivity index (χ0v) is 13.4. The van der Waals surface area contributed by atoms with E-state index >= 15 is 0 Å². The molecule has 0 radical (unpaired) electrons. The molecule has 86 valence electrons. The number of rotatable bonds is 0. The van der Waals surface area contributed by atoms with Gasteiger partial charge in [0.15, 0.2) is 0 Å². The van der Waals surface area contributed by atoms with Gasteiger partial charge < -0.3 is 4.80 Å². The Balaban J connectivity index is 0. The Morgan fingerprint density at radius 3 is 0.733 bits per heavy atom. The molecule has 0 heterocycles. The SMILES string of the molecule is CC(C)(C)[Si]([O-])(C(C)(C)C)C(C)(C)C.[Li+]. The van der Waals surface area contributed by atoms with Crippen LogP contribution in [0.15, 0.2) is 0 Å². The average Bonchev–Trinajstić information content (AvgIpc) is 1.77. The standard InChI is InChI=1S/C12H27OSi.Li/c1-10(2,3)14(13,11(4,5)6)12(7,8)9;/h1-9H3;/q-1;+1. The van der Waals surface area contributed by atoms with Crippen LogP contribution in [0.4, 0.5) is 0 Å². The first-order valence-electron chi connectivity index (χ1n) is 5.45. The molecule has 0 unspecified atom stereocenters. The van der Waals surface area contributed by atoms with Gasteiger partial charge in [0.05, 0.1) is 0 Å².